The van der Waals surface area contributed by atoms with Crippen molar-refractivity contribution >= 4 is 0 Å². The van der Waals surface area contributed by atoms with Crippen molar-refractivity contribution in [1.82, 2.24) is 0 Å². The summed E-state index contributed by atoms with van der Waals surface area (Å²) in [5.41, 5.74) is 8.84. The molecule has 136 valence electrons. The van der Waals surface area contributed by atoms with Crippen LogP contribution in [0, 0.1) is 0 Å². The summed E-state index contributed by atoms with van der Waals surface area (Å²) < 4.78 is 0. The molecule has 2 aromatic carbocycles. The van der Waals surface area contributed by atoms with Crippen molar-refractivity contribution in [2.75, 3.05) is 0 Å². The topological polar surface area (TPSA) is 0 Å². The van der Waals surface area contributed by atoms with Crippen LogP contribution in [0.3, 0.4) is 0 Å². The van der Waals surface area contributed by atoms with Crippen LogP contribution in [0.5, 0.6) is 0 Å². The van der Waals surface area contributed by atoms with E-state index in [2.05, 4.69) is 91.8 Å². The Bertz CT molecular complexity index is 655. The van der Waals surface area contributed by atoms with E-state index in [-0.39, 0.29) is 5.41 Å². The Labute approximate surface area is 155 Å². The van der Waals surface area contributed by atoms with Gasteiger partial charge >= 0.3 is 0 Å². The summed E-state index contributed by atoms with van der Waals surface area (Å²) in [6.07, 6.45) is 2.22. The van der Waals surface area contributed by atoms with Crippen LogP contribution in [0.15, 0.2) is 36.4 Å². The summed E-state index contributed by atoms with van der Waals surface area (Å²) in [4.78, 5) is 0. The molecule has 0 aliphatic carbocycles. The van der Waals surface area contributed by atoms with Gasteiger partial charge in [0.05, 0.1) is 0 Å². The van der Waals surface area contributed by atoms with Gasteiger partial charge in [0.1, 0.15) is 0 Å². The fraction of sp³-hybridized carbons (Fsp3) is 0.520. The fourth-order valence-corrected chi connectivity index (χ4v) is 3.85. The molecule has 0 atom stereocenters. The maximum absolute atomic E-state index is 2.45. The Morgan fingerprint density at radius 1 is 0.680 bits per heavy atom. The molecular weight excluding hydrogens is 300 g/mol. The van der Waals surface area contributed by atoms with Gasteiger partial charge in [-0.3, -0.25) is 0 Å². The lowest BCUT2D eigenvalue weighted by Crippen LogP contribution is -2.20. The molecular formula is C25H36. The largest absolute Gasteiger partial charge is 0.0613 e. The van der Waals surface area contributed by atoms with E-state index in [4.69, 9.17) is 0 Å². The van der Waals surface area contributed by atoms with Gasteiger partial charge in [0, 0.05) is 5.41 Å². The van der Waals surface area contributed by atoms with Gasteiger partial charge in [0.25, 0.3) is 0 Å². The van der Waals surface area contributed by atoms with Crippen LogP contribution < -0.4 is 0 Å². The Morgan fingerprint density at radius 2 is 1.04 bits per heavy atom. The molecule has 2 rings (SSSR count). The summed E-state index contributed by atoms with van der Waals surface area (Å²) in [5.74, 6) is 1.14. The molecule has 2 aromatic rings. The molecule has 25 heavy (non-hydrogen) atoms. The predicted molar refractivity (Wildman–Crippen MR) is 112 cm³/mol. The maximum Gasteiger partial charge on any atom is 0.0146 e. The zero-order valence-electron chi connectivity index (χ0n) is 17.5. The lowest BCUT2D eigenvalue weighted by Gasteiger charge is -2.29. The first-order valence-electron chi connectivity index (χ1n) is 9.98. The monoisotopic (exact) mass is 336 g/mol. The lowest BCUT2D eigenvalue weighted by molar-refractivity contribution is 0.634. The third-order valence-corrected chi connectivity index (χ3v) is 5.74. The summed E-state index contributed by atoms with van der Waals surface area (Å²) in [5, 5.41) is 0. The minimum Gasteiger partial charge on any atom is -0.0613 e. The highest BCUT2D eigenvalue weighted by Crippen LogP contribution is 2.36. The molecule has 0 heteroatoms. The van der Waals surface area contributed by atoms with Gasteiger partial charge < -0.3 is 0 Å². The zero-order chi connectivity index (χ0) is 18.8. The van der Waals surface area contributed by atoms with Gasteiger partial charge in [-0.05, 0) is 58.1 Å². The molecule has 0 spiro atoms. The van der Waals surface area contributed by atoms with Crippen LogP contribution in [-0.4, -0.2) is 0 Å². The summed E-state index contributed by atoms with van der Waals surface area (Å²) in [7, 11) is 0. The summed E-state index contributed by atoms with van der Waals surface area (Å²) >= 11 is 0. The average molecular weight is 337 g/mol. The lowest BCUT2D eigenvalue weighted by atomic mass is 9.75. The van der Waals surface area contributed by atoms with Gasteiger partial charge in [-0.1, -0.05) is 91.8 Å². The number of aryl methyl sites for hydroxylation is 2. The molecule has 0 heterocycles. The van der Waals surface area contributed by atoms with Gasteiger partial charge in [-0.2, -0.15) is 0 Å². The first kappa shape index (κ1) is 19.8. The molecule has 0 saturated carbocycles. The number of hydrogen-bond donors (Lipinski definition) is 0. The average Bonchev–Trinajstić information content (AvgIpc) is 2.60. The van der Waals surface area contributed by atoms with Crippen molar-refractivity contribution in [3.63, 3.8) is 0 Å². The smallest absolute Gasteiger partial charge is 0.0146 e. The SMILES string of the molecule is CCc1ccc(C(C)(C)c2ccc(CC)c(C(C)C)c2)cc1C(C)C. The highest BCUT2D eigenvalue weighted by molar-refractivity contribution is 5.46. The molecule has 0 aliphatic rings. The predicted octanol–water partition coefficient (Wildman–Crippen LogP) is 7.38. The quantitative estimate of drug-likeness (QED) is 0.516. The fourth-order valence-electron chi connectivity index (χ4n) is 3.85. The van der Waals surface area contributed by atoms with Crippen molar-refractivity contribution in [3.8, 4) is 0 Å². The van der Waals surface area contributed by atoms with Crippen LogP contribution in [0.4, 0.5) is 0 Å². The standard InChI is InChI=1S/C25H36/c1-9-19-11-13-21(15-23(19)17(3)4)25(7,8)22-14-12-20(10-2)24(16-22)18(5)6/h11-18H,9-10H2,1-8H3. The van der Waals surface area contributed by atoms with E-state index in [1.165, 1.54) is 33.4 Å². The normalized spacial score (nSPS) is 12.2. The molecule has 0 fully saturated rings. The number of benzene rings is 2. The van der Waals surface area contributed by atoms with E-state index < -0.39 is 0 Å². The second-order valence-corrected chi connectivity index (χ2v) is 8.47. The Balaban J connectivity index is 2.55. The van der Waals surface area contributed by atoms with Crippen molar-refractivity contribution in [1.29, 1.82) is 0 Å². The van der Waals surface area contributed by atoms with Crippen LogP contribution in [0.25, 0.3) is 0 Å². The van der Waals surface area contributed by atoms with Crippen LogP contribution >= 0.6 is 0 Å². The van der Waals surface area contributed by atoms with E-state index in [0.717, 1.165) is 12.8 Å². The summed E-state index contributed by atoms with van der Waals surface area (Å²) in [6, 6.07) is 14.3. The highest BCUT2D eigenvalue weighted by Gasteiger charge is 2.25. The van der Waals surface area contributed by atoms with Crippen molar-refractivity contribution < 1.29 is 0 Å². The van der Waals surface area contributed by atoms with Gasteiger partial charge in [0.2, 0.25) is 0 Å². The molecule has 0 radical (unpaired) electrons. The molecule has 0 nitrogen and oxygen atoms in total. The van der Waals surface area contributed by atoms with Crippen molar-refractivity contribution in [2.24, 2.45) is 0 Å². The Morgan fingerprint density at radius 3 is 1.32 bits per heavy atom. The summed E-state index contributed by atoms with van der Waals surface area (Å²) in [6.45, 7) is 18.5. The van der Waals surface area contributed by atoms with E-state index in [0.29, 0.717) is 11.8 Å². The first-order valence-corrected chi connectivity index (χ1v) is 9.98. The molecule has 0 aliphatic heterocycles. The molecule has 0 saturated heterocycles. The third kappa shape index (κ3) is 4.00. The zero-order valence-corrected chi connectivity index (χ0v) is 17.5. The van der Waals surface area contributed by atoms with E-state index >= 15 is 0 Å². The van der Waals surface area contributed by atoms with Gasteiger partial charge in [-0.25, -0.2) is 0 Å². The number of rotatable bonds is 6. The van der Waals surface area contributed by atoms with Gasteiger partial charge in [0.15, 0.2) is 0 Å². The van der Waals surface area contributed by atoms with Crippen molar-refractivity contribution in [3.05, 3.63) is 69.8 Å². The van der Waals surface area contributed by atoms with E-state index in [9.17, 15) is 0 Å². The molecule has 0 aromatic heterocycles. The molecule has 0 N–H and O–H groups in total. The second-order valence-electron chi connectivity index (χ2n) is 8.47. The van der Waals surface area contributed by atoms with Crippen LogP contribution in [0.1, 0.15) is 101 Å². The Kier molecular flexibility index (Phi) is 6.14. The highest BCUT2D eigenvalue weighted by atomic mass is 14.3. The minimum absolute atomic E-state index is 0.0197. The van der Waals surface area contributed by atoms with E-state index in [1.807, 2.05) is 0 Å². The molecule has 0 bridgehead atoms. The maximum atomic E-state index is 2.45. The van der Waals surface area contributed by atoms with Gasteiger partial charge in [-0.15, -0.1) is 0 Å². The molecule has 0 unspecified atom stereocenters. The Hall–Kier alpha value is -1.56. The molecule has 0 amide bonds. The number of hydrogen-bond acceptors (Lipinski definition) is 0. The first-order chi connectivity index (χ1) is 11.7. The minimum atomic E-state index is 0.0197. The second kappa shape index (κ2) is 7.77. The third-order valence-electron chi connectivity index (χ3n) is 5.74. The van der Waals surface area contributed by atoms with E-state index in [1.54, 1.807) is 0 Å². The van der Waals surface area contributed by atoms with Crippen LogP contribution in [-0.2, 0) is 18.3 Å². The van der Waals surface area contributed by atoms with Crippen molar-refractivity contribution in [2.45, 2.75) is 85.5 Å². The van der Waals surface area contributed by atoms with Crippen LogP contribution in [0.2, 0.25) is 0 Å².